The molecule has 1 atom stereocenters. The van der Waals surface area contributed by atoms with Crippen molar-refractivity contribution in [1.29, 1.82) is 0 Å². The van der Waals surface area contributed by atoms with Crippen molar-refractivity contribution in [3.63, 3.8) is 0 Å². The van der Waals surface area contributed by atoms with E-state index in [1.54, 1.807) is 0 Å². The fraction of sp³-hybridized carbons (Fsp3) is 0.255. The van der Waals surface area contributed by atoms with Crippen LogP contribution >= 0.6 is 0 Å². The zero-order chi connectivity index (χ0) is 37.7. The van der Waals surface area contributed by atoms with E-state index in [4.69, 9.17) is 5.23 Å². The van der Waals surface area contributed by atoms with Gasteiger partial charge < -0.3 is 10.0 Å². The minimum absolute atomic E-state index is 0. The molecule has 0 N–H and O–H groups in total. The number of fused-ring (bicyclic) bond motifs is 9. The van der Waals surface area contributed by atoms with Gasteiger partial charge >= 0.3 is 0 Å². The number of anilines is 2. The molecule has 6 aromatic carbocycles. The number of hydrogen-bond donors (Lipinski definition) is 0. The SMILES string of the molecule is CC(C)c1cccc(C(C)C)c1C1=[C-]C(c2c(C(C)C)cccc2C(C)C)c2ccccc21.[Au].c1ccc2c(c1)[N-]B1c3ccccc3-c3ccccc3N12. The maximum atomic E-state index is 4.94. The molecule has 2 aliphatic heterocycles. The van der Waals surface area contributed by atoms with Crippen molar-refractivity contribution in [3.05, 3.63) is 189 Å². The molecule has 3 aliphatic rings. The second kappa shape index (κ2) is 15.9. The summed E-state index contributed by atoms with van der Waals surface area (Å²) in [5.74, 6) is 2.06. The van der Waals surface area contributed by atoms with E-state index in [-0.39, 0.29) is 35.3 Å². The number of hydrogen-bond acceptors (Lipinski definition) is 1. The topological polar surface area (TPSA) is 17.3 Å². The van der Waals surface area contributed by atoms with Crippen molar-refractivity contribution >= 4 is 35.1 Å². The van der Waals surface area contributed by atoms with Crippen LogP contribution < -0.4 is 10.3 Å². The normalized spacial score (nSPS) is 14.7. The van der Waals surface area contributed by atoms with Gasteiger partial charge in [0, 0.05) is 39.3 Å². The van der Waals surface area contributed by atoms with Crippen LogP contribution in [0, 0.1) is 6.08 Å². The van der Waals surface area contributed by atoms with Crippen LogP contribution in [-0.4, -0.2) is 6.98 Å². The van der Waals surface area contributed by atoms with Gasteiger partial charge in [-0.25, -0.2) is 0 Å². The number of benzene rings is 6. The largest absolute Gasteiger partial charge is 0.683 e. The molecule has 9 rings (SSSR count). The fourth-order valence-electron chi connectivity index (χ4n) is 8.94. The van der Waals surface area contributed by atoms with Gasteiger partial charge in [-0.1, -0.05) is 193 Å². The van der Waals surface area contributed by atoms with E-state index >= 15 is 0 Å². The summed E-state index contributed by atoms with van der Waals surface area (Å²) in [6.45, 7) is 18.6. The van der Waals surface area contributed by atoms with Crippen molar-refractivity contribution in [3.8, 4) is 11.1 Å². The van der Waals surface area contributed by atoms with Gasteiger partial charge in [0.25, 0.3) is 0 Å². The Morgan fingerprint density at radius 3 is 1.62 bits per heavy atom. The molecule has 1 radical (unpaired) electrons. The van der Waals surface area contributed by atoms with E-state index < -0.39 is 0 Å². The average molecular weight is 900 g/mol. The average Bonchev–Trinajstić information content (AvgIpc) is 3.77. The van der Waals surface area contributed by atoms with Gasteiger partial charge in [0.2, 0.25) is 0 Å². The molecule has 1 unspecified atom stereocenters. The van der Waals surface area contributed by atoms with E-state index in [2.05, 4.69) is 200 Å². The first-order valence-electron chi connectivity index (χ1n) is 19.9. The number of para-hydroxylation sites is 2. The van der Waals surface area contributed by atoms with Crippen molar-refractivity contribution < 1.29 is 22.4 Å². The smallest absolute Gasteiger partial charge is 0.190 e. The zero-order valence-corrected chi connectivity index (χ0v) is 35.5. The first-order valence-corrected chi connectivity index (χ1v) is 19.9. The van der Waals surface area contributed by atoms with E-state index in [9.17, 15) is 0 Å². The van der Waals surface area contributed by atoms with E-state index in [0.717, 1.165) is 5.69 Å². The molecule has 281 valence electrons. The molecule has 6 aromatic rings. The van der Waals surface area contributed by atoms with Gasteiger partial charge in [-0.05, 0) is 64.0 Å². The Morgan fingerprint density at radius 2 is 1.00 bits per heavy atom. The maximum Gasteiger partial charge on any atom is 0.190 e. The molecule has 0 saturated heterocycles. The van der Waals surface area contributed by atoms with E-state index in [1.807, 2.05) is 0 Å². The molecule has 55 heavy (non-hydrogen) atoms. The summed E-state index contributed by atoms with van der Waals surface area (Å²) in [6, 6.07) is 48.4. The summed E-state index contributed by atoms with van der Waals surface area (Å²) in [7, 11) is 0. The second-order valence-corrected chi connectivity index (χ2v) is 16.3. The molecule has 2 heterocycles. The summed E-state index contributed by atoms with van der Waals surface area (Å²) in [5, 5.41) is 4.94. The van der Waals surface area contributed by atoms with Crippen LogP contribution in [0.3, 0.4) is 0 Å². The standard InChI is InChI=1S/C33H39.C18H12BN2.Au/c1-20(2)24-15-11-16-25(21(3)4)32(24)30-19-31(29-14-10-9-13-28(29)30)33-26(22(5)6)17-12-18-27(33)23(7)8;1-3-9-15-13(7-1)14-8-2-5-11-17(14)21-18-12-6-4-10-16(18)20-19(15)21;/h9-18,20-23,30H,1-8H3;1-12H;/q2*-1;. The third-order valence-electron chi connectivity index (χ3n) is 11.5. The molecule has 1 aliphatic carbocycles. The predicted molar refractivity (Wildman–Crippen MR) is 232 cm³/mol. The number of allylic oxidation sites excluding steroid dienone is 1. The number of rotatable bonds is 6. The summed E-state index contributed by atoms with van der Waals surface area (Å²) < 4.78 is 0. The van der Waals surface area contributed by atoms with Crippen LogP contribution in [0.25, 0.3) is 21.9 Å². The first kappa shape index (κ1) is 38.7. The fourth-order valence-corrected chi connectivity index (χ4v) is 8.94. The Morgan fingerprint density at radius 1 is 0.509 bits per heavy atom. The molecule has 0 fully saturated rings. The monoisotopic (exact) mass is 899 g/mol. The van der Waals surface area contributed by atoms with Crippen LogP contribution in [0.5, 0.6) is 0 Å². The van der Waals surface area contributed by atoms with E-state index in [0.29, 0.717) is 23.7 Å². The van der Waals surface area contributed by atoms with E-state index in [1.165, 1.54) is 78.0 Å². The van der Waals surface area contributed by atoms with Crippen molar-refractivity contribution in [2.24, 2.45) is 0 Å². The summed E-state index contributed by atoms with van der Waals surface area (Å²) in [5.41, 5.74) is 20.1. The zero-order valence-electron chi connectivity index (χ0n) is 33.4. The third kappa shape index (κ3) is 6.86. The van der Waals surface area contributed by atoms with Crippen LogP contribution in [0.4, 0.5) is 17.1 Å². The maximum absolute atomic E-state index is 4.94. The Balaban J connectivity index is 0.000000181. The van der Waals surface area contributed by atoms with Crippen molar-refractivity contribution in [2.45, 2.75) is 85.0 Å². The minimum atomic E-state index is 0. The summed E-state index contributed by atoms with van der Waals surface area (Å²) in [6.07, 6.45) is 4.09. The summed E-state index contributed by atoms with van der Waals surface area (Å²) in [4.78, 5) is 2.35. The van der Waals surface area contributed by atoms with Gasteiger partial charge in [-0.15, -0.1) is 22.9 Å². The molecule has 0 spiro atoms. The third-order valence-corrected chi connectivity index (χ3v) is 11.5. The van der Waals surface area contributed by atoms with Crippen LogP contribution in [-0.2, 0) is 22.4 Å². The van der Waals surface area contributed by atoms with Gasteiger partial charge in [-0.2, -0.15) is 11.6 Å². The predicted octanol–water partition coefficient (Wildman–Crippen LogP) is 13.8. The van der Waals surface area contributed by atoms with Gasteiger partial charge in [0.1, 0.15) is 0 Å². The minimum Gasteiger partial charge on any atom is -0.683 e. The summed E-state index contributed by atoms with van der Waals surface area (Å²) >= 11 is 0. The Kier molecular flexibility index (Phi) is 11.2. The molecule has 4 heteroatoms. The van der Waals surface area contributed by atoms with Crippen molar-refractivity contribution in [2.75, 3.05) is 4.81 Å². The molecule has 0 saturated carbocycles. The van der Waals surface area contributed by atoms with Crippen LogP contribution in [0.1, 0.15) is 129 Å². The molecule has 0 bridgehead atoms. The molecule has 2 nitrogen and oxygen atoms in total. The molecule has 0 aromatic heterocycles. The van der Waals surface area contributed by atoms with Gasteiger partial charge in [-0.3, -0.25) is 0 Å². The van der Waals surface area contributed by atoms with Gasteiger partial charge in [0.05, 0.1) is 0 Å². The Labute approximate surface area is 345 Å². The Bertz CT molecular complexity index is 2320. The molecular weight excluding hydrogens is 848 g/mol. The van der Waals surface area contributed by atoms with Crippen molar-refractivity contribution in [1.82, 2.24) is 0 Å². The molecular formula is C51H51AuBN2-2. The number of nitrogens with zero attached hydrogens (tertiary/aromatic N) is 2. The quantitative estimate of drug-likeness (QED) is 0.120. The van der Waals surface area contributed by atoms with Crippen LogP contribution in [0.15, 0.2) is 133 Å². The molecule has 0 amide bonds. The van der Waals surface area contributed by atoms with Gasteiger partial charge in [0.15, 0.2) is 6.98 Å². The first-order chi connectivity index (χ1) is 26.2. The second-order valence-electron chi connectivity index (χ2n) is 16.3. The Hall–Kier alpha value is -4.53. The van der Waals surface area contributed by atoms with Crippen LogP contribution in [0.2, 0.25) is 0 Å².